The van der Waals surface area contributed by atoms with Gasteiger partial charge in [0, 0.05) is 11.0 Å². The largest absolute Gasteiger partial charge is 0.338 e. The van der Waals surface area contributed by atoms with Gasteiger partial charge in [0.05, 0.1) is 5.69 Å². The Morgan fingerprint density at radius 2 is 2.11 bits per heavy atom. The van der Waals surface area contributed by atoms with E-state index in [0.29, 0.717) is 6.54 Å². The summed E-state index contributed by atoms with van der Waals surface area (Å²) in [6, 6.07) is 5.66. The maximum Gasteiger partial charge on any atom is 0.319 e. The number of carbonyl (C=O) groups excluding carboxylic acids is 1. The van der Waals surface area contributed by atoms with Gasteiger partial charge in [-0.05, 0) is 67.6 Å². The summed E-state index contributed by atoms with van der Waals surface area (Å²) in [5.74, 6) is 0. The lowest BCUT2D eigenvalue weighted by atomic mass is 10.2. The highest BCUT2D eigenvalue weighted by Gasteiger charge is 2.04. The quantitative estimate of drug-likeness (QED) is 0.821. The molecule has 0 saturated carbocycles. The minimum atomic E-state index is -0.168. The minimum Gasteiger partial charge on any atom is -0.338 e. The van der Waals surface area contributed by atoms with E-state index < -0.39 is 0 Å². The van der Waals surface area contributed by atoms with Gasteiger partial charge in [-0.25, -0.2) is 4.79 Å². The van der Waals surface area contributed by atoms with Crippen LogP contribution in [0.5, 0.6) is 0 Å². The van der Waals surface area contributed by atoms with E-state index in [1.54, 1.807) is 0 Å². The first kappa shape index (κ1) is 15.0. The molecule has 5 heteroatoms. The van der Waals surface area contributed by atoms with Crippen molar-refractivity contribution in [3.8, 4) is 0 Å². The van der Waals surface area contributed by atoms with Gasteiger partial charge in [-0.15, -0.1) is 0 Å². The molecule has 0 aliphatic rings. The molecule has 1 aromatic rings. The number of rotatable bonds is 5. The topological polar surface area (TPSA) is 44.4 Å². The van der Waals surface area contributed by atoms with Crippen molar-refractivity contribution in [1.29, 1.82) is 0 Å². The van der Waals surface area contributed by atoms with Crippen LogP contribution in [0.3, 0.4) is 0 Å². The van der Waals surface area contributed by atoms with Gasteiger partial charge >= 0.3 is 6.03 Å². The van der Waals surface area contributed by atoms with Crippen LogP contribution in [-0.4, -0.2) is 38.1 Å². The van der Waals surface area contributed by atoms with Gasteiger partial charge < -0.3 is 15.5 Å². The molecule has 0 aliphatic heterocycles. The zero-order chi connectivity index (χ0) is 13.5. The summed E-state index contributed by atoms with van der Waals surface area (Å²) in [6.45, 7) is 3.65. The third-order valence-corrected chi connectivity index (χ3v) is 3.10. The van der Waals surface area contributed by atoms with Crippen molar-refractivity contribution in [2.75, 3.05) is 32.5 Å². The van der Waals surface area contributed by atoms with Crippen molar-refractivity contribution in [3.63, 3.8) is 0 Å². The Morgan fingerprint density at radius 1 is 1.39 bits per heavy atom. The Labute approximate surface area is 117 Å². The molecule has 18 heavy (non-hydrogen) atoms. The predicted molar refractivity (Wildman–Crippen MR) is 79.1 cm³/mol. The molecule has 2 amide bonds. The molecule has 0 unspecified atom stereocenters. The summed E-state index contributed by atoms with van der Waals surface area (Å²) in [5.41, 5.74) is 1.93. The van der Waals surface area contributed by atoms with Crippen molar-refractivity contribution >= 4 is 27.6 Å². The number of benzene rings is 1. The van der Waals surface area contributed by atoms with E-state index in [-0.39, 0.29) is 6.03 Å². The molecule has 0 aliphatic carbocycles. The number of hydrogen-bond donors (Lipinski definition) is 2. The second-order valence-electron chi connectivity index (χ2n) is 4.52. The van der Waals surface area contributed by atoms with Crippen molar-refractivity contribution in [1.82, 2.24) is 10.2 Å². The van der Waals surface area contributed by atoms with E-state index in [2.05, 4.69) is 31.5 Å². The fourth-order valence-corrected chi connectivity index (χ4v) is 2.08. The van der Waals surface area contributed by atoms with Gasteiger partial charge in [-0.2, -0.15) is 0 Å². The van der Waals surface area contributed by atoms with E-state index in [1.165, 1.54) is 0 Å². The second kappa shape index (κ2) is 7.38. The summed E-state index contributed by atoms with van der Waals surface area (Å²) in [6.07, 6.45) is 0.940. The molecule has 4 nitrogen and oxygen atoms in total. The number of nitrogens with zero attached hydrogens (tertiary/aromatic N) is 1. The lowest BCUT2D eigenvalue weighted by Crippen LogP contribution is -2.31. The van der Waals surface area contributed by atoms with Gasteiger partial charge in [0.1, 0.15) is 0 Å². The standard InChI is InChI=1S/C13H20BrN3O/c1-10-5-6-12(11(14)9-10)16-13(18)15-7-4-8-17(2)3/h5-6,9H,4,7-8H2,1-3H3,(H2,15,16,18). The number of amides is 2. The fraction of sp³-hybridized carbons (Fsp3) is 0.462. The number of nitrogens with one attached hydrogen (secondary N) is 2. The van der Waals surface area contributed by atoms with E-state index in [9.17, 15) is 4.79 Å². The summed E-state index contributed by atoms with van der Waals surface area (Å²) in [4.78, 5) is 13.7. The number of urea groups is 1. The third-order valence-electron chi connectivity index (χ3n) is 2.44. The Kier molecular flexibility index (Phi) is 6.15. The molecule has 1 aromatic carbocycles. The van der Waals surface area contributed by atoms with Crippen molar-refractivity contribution in [2.45, 2.75) is 13.3 Å². The molecular formula is C13H20BrN3O. The van der Waals surface area contributed by atoms with E-state index in [4.69, 9.17) is 0 Å². The molecule has 2 N–H and O–H groups in total. The molecule has 0 fully saturated rings. The molecule has 0 bridgehead atoms. The average Bonchev–Trinajstić information content (AvgIpc) is 2.28. The predicted octanol–water partition coefficient (Wildman–Crippen LogP) is 2.83. The van der Waals surface area contributed by atoms with Crippen LogP contribution in [-0.2, 0) is 0 Å². The molecule has 0 saturated heterocycles. The van der Waals surface area contributed by atoms with Crippen molar-refractivity contribution in [2.24, 2.45) is 0 Å². The first-order valence-corrected chi connectivity index (χ1v) is 6.74. The van der Waals surface area contributed by atoms with E-state index in [0.717, 1.165) is 28.7 Å². The maximum absolute atomic E-state index is 11.6. The molecule has 0 radical (unpaired) electrons. The Hall–Kier alpha value is -1.07. The smallest absolute Gasteiger partial charge is 0.319 e. The normalized spacial score (nSPS) is 10.5. The van der Waals surface area contributed by atoms with Crippen LogP contribution in [0.15, 0.2) is 22.7 Å². The first-order valence-electron chi connectivity index (χ1n) is 5.95. The van der Waals surface area contributed by atoms with Crippen molar-refractivity contribution in [3.05, 3.63) is 28.2 Å². The summed E-state index contributed by atoms with van der Waals surface area (Å²) >= 11 is 3.43. The summed E-state index contributed by atoms with van der Waals surface area (Å²) in [7, 11) is 4.03. The molecule has 100 valence electrons. The molecule has 0 heterocycles. The van der Waals surface area contributed by atoms with Crippen LogP contribution in [0.25, 0.3) is 0 Å². The minimum absolute atomic E-state index is 0.168. The van der Waals surface area contributed by atoms with Crippen molar-refractivity contribution < 1.29 is 4.79 Å². The molecule has 0 spiro atoms. The SMILES string of the molecule is Cc1ccc(NC(=O)NCCCN(C)C)c(Br)c1. The third kappa shape index (κ3) is 5.51. The van der Waals surface area contributed by atoms with Gasteiger partial charge in [0.2, 0.25) is 0 Å². The van der Waals surface area contributed by atoms with Crippen LogP contribution < -0.4 is 10.6 Å². The van der Waals surface area contributed by atoms with Gasteiger partial charge in [0.15, 0.2) is 0 Å². The fourth-order valence-electron chi connectivity index (χ4n) is 1.49. The highest BCUT2D eigenvalue weighted by molar-refractivity contribution is 9.10. The van der Waals surface area contributed by atoms with Gasteiger partial charge in [-0.1, -0.05) is 6.07 Å². The molecule has 0 aromatic heterocycles. The highest BCUT2D eigenvalue weighted by atomic mass is 79.9. The van der Waals surface area contributed by atoms with Crippen LogP contribution in [0.2, 0.25) is 0 Å². The number of aryl methyl sites for hydroxylation is 1. The Bertz CT molecular complexity index is 407. The Balaban J connectivity index is 2.35. The summed E-state index contributed by atoms with van der Waals surface area (Å²) in [5, 5.41) is 5.65. The number of hydrogen-bond acceptors (Lipinski definition) is 2. The first-order chi connectivity index (χ1) is 8.49. The second-order valence-corrected chi connectivity index (χ2v) is 5.38. The molecule has 1 rings (SSSR count). The van der Waals surface area contributed by atoms with E-state index >= 15 is 0 Å². The summed E-state index contributed by atoms with van der Waals surface area (Å²) < 4.78 is 0.894. The number of halogens is 1. The molecule has 0 atom stereocenters. The van der Waals surface area contributed by atoms with Crippen LogP contribution >= 0.6 is 15.9 Å². The highest BCUT2D eigenvalue weighted by Crippen LogP contribution is 2.23. The number of carbonyl (C=O) groups is 1. The van der Waals surface area contributed by atoms with E-state index in [1.807, 2.05) is 39.2 Å². The monoisotopic (exact) mass is 313 g/mol. The van der Waals surface area contributed by atoms with Crippen LogP contribution in [0.1, 0.15) is 12.0 Å². The lowest BCUT2D eigenvalue weighted by molar-refractivity contribution is 0.251. The maximum atomic E-state index is 11.6. The zero-order valence-corrected chi connectivity index (χ0v) is 12.7. The number of anilines is 1. The Morgan fingerprint density at radius 3 is 2.72 bits per heavy atom. The van der Waals surface area contributed by atoms with Gasteiger partial charge in [-0.3, -0.25) is 0 Å². The van der Waals surface area contributed by atoms with Crippen LogP contribution in [0, 0.1) is 6.92 Å². The zero-order valence-electron chi connectivity index (χ0n) is 11.1. The van der Waals surface area contributed by atoms with Gasteiger partial charge in [0.25, 0.3) is 0 Å². The lowest BCUT2D eigenvalue weighted by Gasteiger charge is -2.11. The average molecular weight is 314 g/mol. The van der Waals surface area contributed by atoms with Crippen LogP contribution in [0.4, 0.5) is 10.5 Å². The molecular weight excluding hydrogens is 294 g/mol.